The average Bonchev–Trinajstić information content (AvgIpc) is 2.89. The van der Waals surface area contributed by atoms with Crippen molar-refractivity contribution in [1.29, 1.82) is 0 Å². The van der Waals surface area contributed by atoms with Crippen molar-refractivity contribution in [2.45, 2.75) is 38.8 Å². The van der Waals surface area contributed by atoms with Gasteiger partial charge in [0, 0.05) is 22.0 Å². The van der Waals surface area contributed by atoms with Gasteiger partial charge in [-0.05, 0) is 62.6 Å². The summed E-state index contributed by atoms with van der Waals surface area (Å²) in [5.74, 6) is 0.0329. The van der Waals surface area contributed by atoms with Crippen LogP contribution in [0.25, 0.3) is 10.4 Å². The van der Waals surface area contributed by atoms with Gasteiger partial charge < -0.3 is 10.6 Å². The van der Waals surface area contributed by atoms with Gasteiger partial charge in [0.2, 0.25) is 0 Å². The molecule has 1 aromatic carbocycles. The first-order valence-electron chi connectivity index (χ1n) is 7.93. The predicted octanol–water partition coefficient (Wildman–Crippen LogP) is 4.67. The summed E-state index contributed by atoms with van der Waals surface area (Å²) in [6, 6.07) is 10.5. The van der Waals surface area contributed by atoms with Crippen molar-refractivity contribution < 1.29 is 4.79 Å². The van der Waals surface area contributed by atoms with Crippen LogP contribution in [0, 0.1) is 6.92 Å². The summed E-state index contributed by atoms with van der Waals surface area (Å²) >= 11 is 7.61. The van der Waals surface area contributed by atoms with Gasteiger partial charge in [0.05, 0.1) is 4.88 Å². The predicted molar refractivity (Wildman–Crippen MR) is 105 cm³/mol. The van der Waals surface area contributed by atoms with Gasteiger partial charge in [-0.3, -0.25) is 4.79 Å². The molecule has 0 spiro atoms. The zero-order valence-corrected chi connectivity index (χ0v) is 16.2. The van der Waals surface area contributed by atoms with Gasteiger partial charge in [0.1, 0.15) is 0 Å². The highest BCUT2D eigenvalue weighted by Crippen LogP contribution is 2.33. The number of rotatable bonds is 3. The minimum atomic E-state index is 0. The van der Waals surface area contributed by atoms with Crippen LogP contribution in [0.5, 0.6) is 0 Å². The third-order valence-corrected chi connectivity index (χ3v) is 5.71. The molecular weight excluding hydrogens is 363 g/mol. The van der Waals surface area contributed by atoms with Crippen molar-refractivity contribution in [2.75, 3.05) is 6.54 Å². The highest BCUT2D eigenvalue weighted by Gasteiger charge is 2.22. The lowest BCUT2D eigenvalue weighted by atomic mass is 10.0. The summed E-state index contributed by atoms with van der Waals surface area (Å²) in [5.41, 5.74) is 2.18. The number of aryl methyl sites for hydroxylation is 1. The van der Waals surface area contributed by atoms with Gasteiger partial charge in [-0.15, -0.1) is 23.7 Å². The number of piperidine rings is 1. The maximum absolute atomic E-state index is 12.5. The number of halogens is 2. The second-order valence-electron chi connectivity index (χ2n) is 6.18. The Morgan fingerprint density at radius 3 is 2.88 bits per heavy atom. The van der Waals surface area contributed by atoms with Crippen LogP contribution in [0.15, 0.2) is 30.3 Å². The summed E-state index contributed by atoms with van der Waals surface area (Å²) in [5, 5.41) is 7.29. The number of amides is 1. The van der Waals surface area contributed by atoms with E-state index in [2.05, 4.69) is 17.6 Å². The number of thiophene rings is 1. The van der Waals surface area contributed by atoms with Gasteiger partial charge in [0.15, 0.2) is 0 Å². The van der Waals surface area contributed by atoms with Crippen molar-refractivity contribution in [1.82, 2.24) is 10.6 Å². The molecule has 1 aliphatic heterocycles. The summed E-state index contributed by atoms with van der Waals surface area (Å²) in [6.07, 6.45) is 1.97. The van der Waals surface area contributed by atoms with Crippen molar-refractivity contribution in [2.24, 2.45) is 0 Å². The molecule has 2 N–H and O–H groups in total. The van der Waals surface area contributed by atoms with Gasteiger partial charge in [-0.25, -0.2) is 0 Å². The van der Waals surface area contributed by atoms with E-state index >= 15 is 0 Å². The highest BCUT2D eigenvalue weighted by atomic mass is 35.5. The summed E-state index contributed by atoms with van der Waals surface area (Å²) in [7, 11) is 0. The topological polar surface area (TPSA) is 41.1 Å². The van der Waals surface area contributed by atoms with E-state index in [1.165, 1.54) is 11.3 Å². The molecule has 2 aromatic rings. The monoisotopic (exact) mass is 384 g/mol. The van der Waals surface area contributed by atoms with E-state index in [1.54, 1.807) is 0 Å². The molecule has 1 aliphatic rings. The summed E-state index contributed by atoms with van der Waals surface area (Å²) in [4.78, 5) is 14.4. The Bertz CT molecular complexity index is 717. The molecule has 0 saturated carbocycles. The second kappa shape index (κ2) is 8.34. The fourth-order valence-electron chi connectivity index (χ4n) is 3.03. The zero-order chi connectivity index (χ0) is 16.4. The van der Waals surface area contributed by atoms with E-state index in [0.717, 1.165) is 40.3 Å². The van der Waals surface area contributed by atoms with Crippen LogP contribution in [-0.4, -0.2) is 24.5 Å². The number of hydrogen-bond donors (Lipinski definition) is 2. The normalized spacial score (nSPS) is 20.3. The van der Waals surface area contributed by atoms with Crippen molar-refractivity contribution in [3.8, 4) is 10.4 Å². The summed E-state index contributed by atoms with van der Waals surface area (Å²) in [6.45, 7) is 5.16. The molecule has 3 nitrogen and oxygen atoms in total. The Hall–Kier alpha value is -1.07. The zero-order valence-electron chi connectivity index (χ0n) is 13.8. The Balaban J connectivity index is 0.00000208. The number of carbonyl (C=O) groups excluding carboxylic acids is 1. The van der Waals surface area contributed by atoms with E-state index in [1.807, 2.05) is 37.3 Å². The number of hydrogen-bond acceptors (Lipinski definition) is 3. The van der Waals surface area contributed by atoms with E-state index < -0.39 is 0 Å². The van der Waals surface area contributed by atoms with Crippen molar-refractivity contribution in [3.63, 3.8) is 0 Å². The molecule has 1 amide bonds. The van der Waals surface area contributed by atoms with Crippen LogP contribution in [0.1, 0.15) is 35.0 Å². The lowest BCUT2D eigenvalue weighted by Crippen LogP contribution is -2.46. The summed E-state index contributed by atoms with van der Waals surface area (Å²) < 4.78 is 0. The maximum Gasteiger partial charge on any atom is 0.261 e. The van der Waals surface area contributed by atoms with Gasteiger partial charge in [-0.1, -0.05) is 23.7 Å². The van der Waals surface area contributed by atoms with E-state index in [4.69, 9.17) is 11.6 Å². The van der Waals surface area contributed by atoms with E-state index in [9.17, 15) is 4.79 Å². The molecule has 6 heteroatoms. The van der Waals surface area contributed by atoms with E-state index in [-0.39, 0.29) is 24.4 Å². The Kier molecular flexibility index (Phi) is 6.70. The van der Waals surface area contributed by atoms with Crippen LogP contribution >= 0.6 is 35.3 Å². The van der Waals surface area contributed by atoms with Gasteiger partial charge in [0.25, 0.3) is 5.91 Å². The third-order valence-electron chi connectivity index (χ3n) is 4.19. The fraction of sp³-hybridized carbons (Fsp3) is 0.389. The maximum atomic E-state index is 12.5. The van der Waals surface area contributed by atoms with Crippen LogP contribution in [0.3, 0.4) is 0 Å². The minimum absolute atomic E-state index is 0. The van der Waals surface area contributed by atoms with Crippen LogP contribution in [0.2, 0.25) is 5.02 Å². The minimum Gasteiger partial charge on any atom is -0.349 e. The Labute approximate surface area is 158 Å². The number of nitrogens with one attached hydrogen (secondary N) is 2. The van der Waals surface area contributed by atoms with Crippen LogP contribution in [0.4, 0.5) is 0 Å². The molecule has 1 aromatic heterocycles. The third kappa shape index (κ3) is 4.51. The lowest BCUT2D eigenvalue weighted by molar-refractivity contribution is 0.0930. The van der Waals surface area contributed by atoms with Crippen molar-refractivity contribution >= 4 is 41.3 Å². The molecule has 1 fully saturated rings. The first kappa shape index (κ1) is 19.3. The number of carbonyl (C=O) groups is 1. The first-order chi connectivity index (χ1) is 11.0. The molecular formula is C18H22Cl2N2OS. The molecule has 0 radical (unpaired) electrons. The highest BCUT2D eigenvalue weighted by molar-refractivity contribution is 7.17. The molecule has 1 saturated heterocycles. The van der Waals surface area contributed by atoms with Crippen LogP contribution in [-0.2, 0) is 0 Å². The van der Waals surface area contributed by atoms with Gasteiger partial charge in [-0.2, -0.15) is 0 Å². The Morgan fingerprint density at radius 2 is 2.17 bits per heavy atom. The molecule has 2 atom stereocenters. The average molecular weight is 385 g/mol. The molecule has 24 heavy (non-hydrogen) atoms. The molecule has 3 rings (SSSR count). The SMILES string of the molecule is Cc1cc(C(=O)NC2CCNC(C)C2)sc1-c1cccc(Cl)c1.Cl. The van der Waals surface area contributed by atoms with Crippen molar-refractivity contribution in [3.05, 3.63) is 45.8 Å². The van der Waals surface area contributed by atoms with Crippen LogP contribution < -0.4 is 10.6 Å². The largest absolute Gasteiger partial charge is 0.349 e. The molecule has 2 heterocycles. The first-order valence-corrected chi connectivity index (χ1v) is 9.13. The molecule has 2 unspecified atom stereocenters. The smallest absolute Gasteiger partial charge is 0.261 e. The standard InChI is InChI=1S/C18H21ClN2OS.ClH/c1-11-8-16(18(22)21-15-6-7-20-12(2)9-15)23-17(11)13-4-3-5-14(19)10-13;/h3-5,8,10,12,15,20H,6-7,9H2,1-2H3,(H,21,22);1H. The molecule has 130 valence electrons. The Morgan fingerprint density at radius 1 is 1.38 bits per heavy atom. The second-order valence-corrected chi connectivity index (χ2v) is 7.67. The fourth-order valence-corrected chi connectivity index (χ4v) is 4.29. The van der Waals surface area contributed by atoms with Gasteiger partial charge >= 0.3 is 0 Å². The van der Waals surface area contributed by atoms with E-state index in [0.29, 0.717) is 11.1 Å². The number of benzene rings is 1. The molecule has 0 bridgehead atoms. The molecule has 0 aliphatic carbocycles. The lowest BCUT2D eigenvalue weighted by Gasteiger charge is -2.28. The quantitative estimate of drug-likeness (QED) is 0.806.